The Morgan fingerprint density at radius 3 is 2.86 bits per heavy atom. The molecule has 0 saturated carbocycles. The van der Waals surface area contributed by atoms with E-state index in [1.165, 1.54) is 12.8 Å². The highest BCUT2D eigenvalue weighted by Crippen LogP contribution is 2.23. The maximum Gasteiger partial charge on any atom is 0.122 e. The zero-order valence-corrected chi connectivity index (χ0v) is 8.99. The van der Waals surface area contributed by atoms with Crippen molar-refractivity contribution in [1.82, 2.24) is 5.43 Å². The third-order valence-corrected chi connectivity index (χ3v) is 2.51. The topological polar surface area (TPSA) is 51.2 Å². The van der Waals surface area contributed by atoms with E-state index in [0.29, 0.717) is 5.92 Å². The Bertz CT molecular complexity index is 233. The second-order valence-corrected chi connectivity index (χ2v) is 3.86. The van der Waals surface area contributed by atoms with Crippen LogP contribution in [0.1, 0.15) is 44.9 Å². The highest BCUT2D eigenvalue weighted by molar-refractivity contribution is 5.03. The molecule has 2 atom stereocenters. The molecule has 0 bridgehead atoms. The minimum Gasteiger partial charge on any atom is -0.468 e. The van der Waals surface area contributed by atoms with Crippen LogP contribution < -0.4 is 11.3 Å². The fourth-order valence-electron chi connectivity index (χ4n) is 1.77. The number of furan rings is 1. The lowest BCUT2D eigenvalue weighted by Crippen LogP contribution is -2.29. The summed E-state index contributed by atoms with van der Waals surface area (Å²) in [7, 11) is 0. The molecule has 3 nitrogen and oxygen atoms in total. The molecule has 3 heteroatoms. The SMILES string of the molecule is CCCC(C)CC(NN)c1ccco1. The first-order valence-corrected chi connectivity index (χ1v) is 5.27. The van der Waals surface area contributed by atoms with Crippen LogP contribution in [-0.2, 0) is 0 Å². The lowest BCUT2D eigenvalue weighted by Gasteiger charge is -2.17. The number of nitrogens with two attached hydrogens (primary N) is 1. The first kappa shape index (κ1) is 11.3. The summed E-state index contributed by atoms with van der Waals surface area (Å²) in [5.74, 6) is 7.10. The van der Waals surface area contributed by atoms with Gasteiger partial charge >= 0.3 is 0 Å². The van der Waals surface area contributed by atoms with Gasteiger partial charge in [0.15, 0.2) is 0 Å². The quantitative estimate of drug-likeness (QED) is 0.543. The van der Waals surface area contributed by atoms with Crippen LogP contribution in [0, 0.1) is 5.92 Å². The van der Waals surface area contributed by atoms with Gasteiger partial charge in [-0.3, -0.25) is 5.84 Å². The fraction of sp³-hybridized carbons (Fsp3) is 0.636. The Labute approximate surface area is 85.6 Å². The van der Waals surface area contributed by atoms with Crippen molar-refractivity contribution in [2.45, 2.75) is 39.2 Å². The van der Waals surface area contributed by atoms with Gasteiger partial charge in [-0.25, -0.2) is 5.43 Å². The number of nitrogens with one attached hydrogen (secondary N) is 1. The van der Waals surface area contributed by atoms with Crippen molar-refractivity contribution >= 4 is 0 Å². The average molecular weight is 196 g/mol. The van der Waals surface area contributed by atoms with Crippen molar-refractivity contribution < 1.29 is 4.42 Å². The summed E-state index contributed by atoms with van der Waals surface area (Å²) >= 11 is 0. The molecule has 0 radical (unpaired) electrons. The summed E-state index contributed by atoms with van der Waals surface area (Å²) < 4.78 is 5.32. The van der Waals surface area contributed by atoms with Crippen molar-refractivity contribution in [3.8, 4) is 0 Å². The summed E-state index contributed by atoms with van der Waals surface area (Å²) in [6.07, 6.45) is 5.16. The lowest BCUT2D eigenvalue weighted by molar-refractivity contribution is 0.344. The first-order chi connectivity index (χ1) is 6.77. The monoisotopic (exact) mass is 196 g/mol. The van der Waals surface area contributed by atoms with Crippen LogP contribution in [0.25, 0.3) is 0 Å². The molecule has 1 heterocycles. The van der Waals surface area contributed by atoms with Gasteiger partial charge in [-0.15, -0.1) is 0 Å². The molecular weight excluding hydrogens is 176 g/mol. The summed E-state index contributed by atoms with van der Waals surface area (Å²) in [5, 5.41) is 0. The smallest absolute Gasteiger partial charge is 0.122 e. The van der Waals surface area contributed by atoms with Crippen molar-refractivity contribution in [3.63, 3.8) is 0 Å². The Kier molecular flexibility index (Phi) is 4.70. The summed E-state index contributed by atoms with van der Waals surface area (Å²) in [4.78, 5) is 0. The Hall–Kier alpha value is -0.800. The van der Waals surface area contributed by atoms with Crippen molar-refractivity contribution in [1.29, 1.82) is 0 Å². The molecule has 0 aliphatic rings. The molecule has 0 aliphatic carbocycles. The molecule has 1 rings (SSSR count). The molecule has 0 amide bonds. The maximum absolute atomic E-state index is 5.50. The Morgan fingerprint density at radius 2 is 2.36 bits per heavy atom. The Morgan fingerprint density at radius 1 is 1.57 bits per heavy atom. The molecule has 3 N–H and O–H groups in total. The zero-order chi connectivity index (χ0) is 10.4. The molecule has 0 saturated heterocycles. The number of hydrogen-bond acceptors (Lipinski definition) is 3. The second kappa shape index (κ2) is 5.83. The molecular formula is C11H20N2O. The predicted octanol–water partition coefficient (Wildman–Crippen LogP) is 2.61. The van der Waals surface area contributed by atoms with Gasteiger partial charge in [0.2, 0.25) is 0 Å². The van der Waals surface area contributed by atoms with Crippen molar-refractivity contribution in [2.75, 3.05) is 0 Å². The van der Waals surface area contributed by atoms with E-state index in [1.54, 1.807) is 6.26 Å². The third-order valence-electron chi connectivity index (χ3n) is 2.51. The molecule has 0 aromatic carbocycles. The second-order valence-electron chi connectivity index (χ2n) is 3.86. The molecule has 1 aromatic rings. The van der Waals surface area contributed by atoms with E-state index < -0.39 is 0 Å². The van der Waals surface area contributed by atoms with E-state index in [2.05, 4.69) is 19.3 Å². The van der Waals surface area contributed by atoms with E-state index in [0.717, 1.165) is 12.2 Å². The minimum atomic E-state index is 0.145. The minimum absolute atomic E-state index is 0.145. The maximum atomic E-state index is 5.50. The van der Waals surface area contributed by atoms with Gasteiger partial charge in [-0.1, -0.05) is 26.7 Å². The van der Waals surface area contributed by atoms with Crippen LogP contribution in [-0.4, -0.2) is 0 Å². The van der Waals surface area contributed by atoms with Gasteiger partial charge in [0.1, 0.15) is 5.76 Å². The summed E-state index contributed by atoms with van der Waals surface area (Å²) in [5.41, 5.74) is 2.80. The van der Waals surface area contributed by atoms with Crippen molar-refractivity contribution in [2.24, 2.45) is 11.8 Å². The van der Waals surface area contributed by atoms with Gasteiger partial charge in [0, 0.05) is 0 Å². The highest BCUT2D eigenvalue weighted by atomic mass is 16.3. The van der Waals surface area contributed by atoms with Crippen LogP contribution in [0.15, 0.2) is 22.8 Å². The average Bonchev–Trinajstić information content (AvgIpc) is 2.67. The molecule has 0 spiro atoms. The lowest BCUT2D eigenvalue weighted by atomic mass is 9.96. The number of rotatable bonds is 6. The fourth-order valence-corrected chi connectivity index (χ4v) is 1.77. The Balaban J connectivity index is 2.47. The molecule has 80 valence electrons. The van der Waals surface area contributed by atoms with Crippen molar-refractivity contribution in [3.05, 3.63) is 24.2 Å². The van der Waals surface area contributed by atoms with Gasteiger partial charge in [0.05, 0.1) is 12.3 Å². The molecule has 1 aromatic heterocycles. The standard InChI is InChI=1S/C11H20N2O/c1-3-5-9(2)8-10(13-12)11-6-4-7-14-11/h4,6-7,9-10,13H,3,5,8,12H2,1-2H3. The largest absolute Gasteiger partial charge is 0.468 e. The zero-order valence-electron chi connectivity index (χ0n) is 8.99. The van der Waals surface area contributed by atoms with E-state index in [9.17, 15) is 0 Å². The molecule has 14 heavy (non-hydrogen) atoms. The van der Waals surface area contributed by atoms with Crippen LogP contribution >= 0.6 is 0 Å². The van der Waals surface area contributed by atoms with Gasteiger partial charge in [0.25, 0.3) is 0 Å². The van der Waals surface area contributed by atoms with Gasteiger partial charge < -0.3 is 4.42 Å². The highest BCUT2D eigenvalue weighted by Gasteiger charge is 2.15. The normalized spacial score (nSPS) is 15.4. The number of hydrogen-bond donors (Lipinski definition) is 2. The van der Waals surface area contributed by atoms with Crippen LogP contribution in [0.3, 0.4) is 0 Å². The van der Waals surface area contributed by atoms with Crippen LogP contribution in [0.5, 0.6) is 0 Å². The van der Waals surface area contributed by atoms with Gasteiger partial charge in [-0.05, 0) is 24.5 Å². The van der Waals surface area contributed by atoms with Crippen LogP contribution in [0.4, 0.5) is 0 Å². The van der Waals surface area contributed by atoms with E-state index in [1.807, 2.05) is 12.1 Å². The molecule has 0 fully saturated rings. The van der Waals surface area contributed by atoms with E-state index in [4.69, 9.17) is 10.3 Å². The number of hydrazine groups is 1. The van der Waals surface area contributed by atoms with Gasteiger partial charge in [-0.2, -0.15) is 0 Å². The summed E-state index contributed by atoms with van der Waals surface area (Å²) in [6, 6.07) is 4.00. The summed E-state index contributed by atoms with van der Waals surface area (Å²) in [6.45, 7) is 4.45. The predicted molar refractivity (Wildman–Crippen MR) is 57.5 cm³/mol. The third kappa shape index (κ3) is 3.16. The molecule has 0 aliphatic heterocycles. The van der Waals surface area contributed by atoms with Crippen LogP contribution in [0.2, 0.25) is 0 Å². The van der Waals surface area contributed by atoms with E-state index in [-0.39, 0.29) is 6.04 Å². The molecule has 2 unspecified atom stereocenters. The first-order valence-electron chi connectivity index (χ1n) is 5.27. The van der Waals surface area contributed by atoms with E-state index >= 15 is 0 Å².